The van der Waals surface area contributed by atoms with Gasteiger partial charge in [0.2, 0.25) is 5.89 Å². The van der Waals surface area contributed by atoms with Crippen LogP contribution in [0.5, 0.6) is 0 Å². The summed E-state index contributed by atoms with van der Waals surface area (Å²) < 4.78 is 10.8. The standard InChI is InChI=1S/C11H19N3O2/c1-12-6-5-10-13-11(16-14-10)8-9-4-2-3-7-15-9/h9,12H,2-8H2,1H3. The van der Waals surface area contributed by atoms with Crippen molar-refractivity contribution in [3.05, 3.63) is 11.7 Å². The average molecular weight is 225 g/mol. The maximum absolute atomic E-state index is 5.63. The van der Waals surface area contributed by atoms with E-state index in [0.29, 0.717) is 5.89 Å². The van der Waals surface area contributed by atoms with E-state index >= 15 is 0 Å². The van der Waals surface area contributed by atoms with Crippen molar-refractivity contribution in [1.29, 1.82) is 0 Å². The Bertz CT molecular complexity index is 308. The highest BCUT2D eigenvalue weighted by molar-refractivity contribution is 4.89. The first-order valence-corrected chi connectivity index (χ1v) is 5.96. The molecule has 1 aliphatic heterocycles. The Labute approximate surface area is 95.6 Å². The van der Waals surface area contributed by atoms with E-state index in [0.717, 1.165) is 38.2 Å². The lowest BCUT2D eigenvalue weighted by atomic mass is 10.1. The molecule has 1 saturated heterocycles. The fraction of sp³-hybridized carbons (Fsp3) is 0.818. The van der Waals surface area contributed by atoms with Crippen molar-refractivity contribution in [3.8, 4) is 0 Å². The van der Waals surface area contributed by atoms with Gasteiger partial charge in [-0.2, -0.15) is 4.98 Å². The van der Waals surface area contributed by atoms with Gasteiger partial charge in [-0.1, -0.05) is 5.16 Å². The van der Waals surface area contributed by atoms with Gasteiger partial charge in [0.1, 0.15) is 0 Å². The van der Waals surface area contributed by atoms with Gasteiger partial charge in [0, 0.05) is 19.6 Å². The van der Waals surface area contributed by atoms with E-state index in [2.05, 4.69) is 15.5 Å². The topological polar surface area (TPSA) is 60.2 Å². The molecule has 1 atom stereocenters. The SMILES string of the molecule is CNCCc1noc(CC2CCCCO2)n1. The van der Waals surface area contributed by atoms with Crippen LogP contribution in [-0.4, -0.2) is 36.4 Å². The van der Waals surface area contributed by atoms with Gasteiger partial charge in [-0.05, 0) is 26.3 Å². The normalized spacial score (nSPS) is 21.2. The quantitative estimate of drug-likeness (QED) is 0.808. The third-order valence-corrected chi connectivity index (χ3v) is 2.79. The lowest BCUT2D eigenvalue weighted by molar-refractivity contribution is 0.0124. The van der Waals surface area contributed by atoms with Crippen LogP contribution < -0.4 is 5.32 Å². The highest BCUT2D eigenvalue weighted by atomic mass is 16.5. The Morgan fingerprint density at radius 2 is 2.38 bits per heavy atom. The maximum Gasteiger partial charge on any atom is 0.229 e. The molecule has 16 heavy (non-hydrogen) atoms. The third kappa shape index (κ3) is 3.28. The Morgan fingerprint density at radius 3 is 3.12 bits per heavy atom. The van der Waals surface area contributed by atoms with Crippen molar-refractivity contribution in [2.24, 2.45) is 0 Å². The van der Waals surface area contributed by atoms with E-state index in [9.17, 15) is 0 Å². The predicted molar refractivity (Wildman–Crippen MR) is 59.2 cm³/mol. The van der Waals surface area contributed by atoms with Gasteiger partial charge < -0.3 is 14.6 Å². The van der Waals surface area contributed by atoms with Gasteiger partial charge >= 0.3 is 0 Å². The minimum atomic E-state index is 0.270. The first-order valence-electron chi connectivity index (χ1n) is 5.96. The van der Waals surface area contributed by atoms with Gasteiger partial charge in [-0.3, -0.25) is 0 Å². The van der Waals surface area contributed by atoms with Gasteiger partial charge in [0.15, 0.2) is 5.82 Å². The zero-order valence-corrected chi connectivity index (χ0v) is 9.74. The maximum atomic E-state index is 5.63. The van der Waals surface area contributed by atoms with Crippen molar-refractivity contribution in [2.75, 3.05) is 20.2 Å². The van der Waals surface area contributed by atoms with Gasteiger partial charge in [-0.15, -0.1) is 0 Å². The molecule has 1 fully saturated rings. The molecular formula is C11H19N3O2. The van der Waals surface area contributed by atoms with E-state index < -0.39 is 0 Å². The summed E-state index contributed by atoms with van der Waals surface area (Å²) in [5, 5.41) is 7.00. The molecule has 1 N–H and O–H groups in total. The van der Waals surface area contributed by atoms with Crippen LogP contribution in [0.25, 0.3) is 0 Å². The van der Waals surface area contributed by atoms with Crippen LogP contribution in [0.2, 0.25) is 0 Å². The second-order valence-corrected chi connectivity index (χ2v) is 4.15. The second-order valence-electron chi connectivity index (χ2n) is 4.15. The lowest BCUT2D eigenvalue weighted by Gasteiger charge is -2.20. The molecule has 90 valence electrons. The first-order chi connectivity index (χ1) is 7.88. The van der Waals surface area contributed by atoms with Crippen molar-refractivity contribution in [1.82, 2.24) is 15.5 Å². The van der Waals surface area contributed by atoms with Crippen LogP contribution in [0.1, 0.15) is 31.0 Å². The molecule has 1 aromatic heterocycles. The second kappa shape index (κ2) is 5.96. The Morgan fingerprint density at radius 1 is 1.44 bits per heavy atom. The summed E-state index contributed by atoms with van der Waals surface area (Å²) >= 11 is 0. The number of rotatable bonds is 5. The summed E-state index contributed by atoms with van der Waals surface area (Å²) in [5.41, 5.74) is 0. The number of nitrogens with one attached hydrogen (secondary N) is 1. The van der Waals surface area contributed by atoms with Crippen molar-refractivity contribution < 1.29 is 9.26 Å². The largest absolute Gasteiger partial charge is 0.378 e. The Hall–Kier alpha value is -0.940. The summed E-state index contributed by atoms with van der Waals surface area (Å²) in [7, 11) is 1.91. The smallest absolute Gasteiger partial charge is 0.229 e. The molecule has 1 unspecified atom stereocenters. The van der Waals surface area contributed by atoms with Crippen LogP contribution >= 0.6 is 0 Å². The molecule has 5 heteroatoms. The molecule has 0 spiro atoms. The van der Waals surface area contributed by atoms with Crippen molar-refractivity contribution in [3.63, 3.8) is 0 Å². The highest BCUT2D eigenvalue weighted by Crippen LogP contribution is 2.16. The van der Waals surface area contributed by atoms with Gasteiger partial charge in [0.05, 0.1) is 12.5 Å². The van der Waals surface area contributed by atoms with E-state index in [1.165, 1.54) is 12.8 Å². The van der Waals surface area contributed by atoms with E-state index in [4.69, 9.17) is 9.26 Å². The molecule has 1 aromatic rings. The molecule has 0 amide bonds. The average Bonchev–Trinajstić information content (AvgIpc) is 2.75. The molecule has 0 radical (unpaired) electrons. The van der Waals surface area contributed by atoms with Crippen LogP contribution in [-0.2, 0) is 17.6 Å². The first kappa shape index (κ1) is 11.5. The zero-order chi connectivity index (χ0) is 11.2. The number of nitrogens with zero attached hydrogens (tertiary/aromatic N) is 2. The number of hydrogen-bond donors (Lipinski definition) is 1. The van der Waals surface area contributed by atoms with Crippen LogP contribution in [0, 0.1) is 0 Å². The van der Waals surface area contributed by atoms with Crippen LogP contribution in [0.3, 0.4) is 0 Å². The molecule has 2 rings (SSSR count). The number of ether oxygens (including phenoxy) is 1. The van der Waals surface area contributed by atoms with Crippen LogP contribution in [0.15, 0.2) is 4.52 Å². The molecule has 2 heterocycles. The van der Waals surface area contributed by atoms with E-state index in [-0.39, 0.29) is 6.10 Å². The summed E-state index contributed by atoms with van der Waals surface area (Å²) in [4.78, 5) is 4.34. The summed E-state index contributed by atoms with van der Waals surface area (Å²) in [5.74, 6) is 1.48. The predicted octanol–water partition coefficient (Wildman–Crippen LogP) is 0.943. The summed E-state index contributed by atoms with van der Waals surface area (Å²) in [6.07, 6.45) is 5.36. The van der Waals surface area contributed by atoms with Crippen LogP contribution in [0.4, 0.5) is 0 Å². The molecule has 0 saturated carbocycles. The minimum absolute atomic E-state index is 0.270. The monoisotopic (exact) mass is 225 g/mol. The minimum Gasteiger partial charge on any atom is -0.378 e. The fourth-order valence-corrected chi connectivity index (χ4v) is 1.87. The molecule has 0 bridgehead atoms. The Kier molecular flexibility index (Phi) is 4.30. The van der Waals surface area contributed by atoms with Crippen molar-refractivity contribution >= 4 is 0 Å². The van der Waals surface area contributed by atoms with E-state index in [1.807, 2.05) is 7.05 Å². The molecule has 0 aliphatic carbocycles. The summed E-state index contributed by atoms with van der Waals surface area (Å²) in [6.45, 7) is 1.74. The highest BCUT2D eigenvalue weighted by Gasteiger charge is 2.17. The fourth-order valence-electron chi connectivity index (χ4n) is 1.87. The lowest BCUT2D eigenvalue weighted by Crippen LogP contribution is -2.21. The number of hydrogen-bond acceptors (Lipinski definition) is 5. The van der Waals surface area contributed by atoms with Gasteiger partial charge in [-0.25, -0.2) is 0 Å². The molecule has 0 aromatic carbocycles. The van der Waals surface area contributed by atoms with Gasteiger partial charge in [0.25, 0.3) is 0 Å². The zero-order valence-electron chi connectivity index (χ0n) is 9.74. The number of likely N-dealkylation sites (N-methyl/N-ethyl adjacent to an activating group) is 1. The molecule has 1 aliphatic rings. The van der Waals surface area contributed by atoms with Crippen molar-refractivity contribution in [2.45, 2.75) is 38.2 Å². The third-order valence-electron chi connectivity index (χ3n) is 2.79. The summed E-state index contributed by atoms with van der Waals surface area (Å²) in [6, 6.07) is 0. The molecule has 5 nitrogen and oxygen atoms in total. The molecular weight excluding hydrogens is 206 g/mol. The van der Waals surface area contributed by atoms with E-state index in [1.54, 1.807) is 0 Å². The Balaban J connectivity index is 1.81. The number of aromatic nitrogens is 2.